The molecule has 0 aliphatic carbocycles. The minimum absolute atomic E-state index is 0.0502. The lowest BCUT2D eigenvalue weighted by molar-refractivity contribution is -0.116. The third kappa shape index (κ3) is 3.25. The number of carbonyl (C=O) groups excluding carboxylic acids is 2. The molecule has 1 aliphatic heterocycles. The Bertz CT molecular complexity index is 700. The van der Waals surface area contributed by atoms with E-state index in [1.807, 2.05) is 25.1 Å². The molecular weight excluding hydrogens is 300 g/mol. The first-order valence-corrected chi connectivity index (χ1v) is 7.89. The number of nitrogens with one attached hydrogen (secondary N) is 3. The highest BCUT2D eigenvalue weighted by molar-refractivity contribution is 7.13. The van der Waals surface area contributed by atoms with Gasteiger partial charge in [-0.25, -0.2) is 9.78 Å². The summed E-state index contributed by atoms with van der Waals surface area (Å²) in [6.45, 7) is 1.92. The van der Waals surface area contributed by atoms with Crippen LogP contribution in [0.4, 0.5) is 15.6 Å². The molecule has 3 rings (SSSR count). The average molecular weight is 316 g/mol. The summed E-state index contributed by atoms with van der Waals surface area (Å²) < 4.78 is 0. The lowest BCUT2D eigenvalue weighted by Gasteiger charge is -2.20. The molecule has 0 saturated heterocycles. The largest absolute Gasteiger partial charge is 0.331 e. The second kappa shape index (κ2) is 6.15. The molecule has 2 aromatic rings. The number of urea groups is 1. The third-order valence-corrected chi connectivity index (χ3v) is 4.21. The van der Waals surface area contributed by atoms with E-state index in [-0.39, 0.29) is 18.0 Å². The van der Waals surface area contributed by atoms with Crippen LogP contribution in [-0.4, -0.2) is 16.9 Å². The Morgan fingerprint density at radius 1 is 1.41 bits per heavy atom. The predicted octanol–water partition coefficient (Wildman–Crippen LogP) is 2.91. The number of aryl methyl sites for hydroxylation is 1. The summed E-state index contributed by atoms with van der Waals surface area (Å²) in [6, 6.07) is 5.41. The van der Waals surface area contributed by atoms with Crippen LogP contribution in [0.25, 0.3) is 0 Å². The van der Waals surface area contributed by atoms with E-state index < -0.39 is 0 Å². The molecule has 1 aliphatic rings. The van der Waals surface area contributed by atoms with Crippen LogP contribution in [0.5, 0.6) is 0 Å². The molecule has 0 spiro atoms. The number of hydrogen-bond donors (Lipinski definition) is 3. The molecule has 0 saturated carbocycles. The molecule has 1 atom stereocenters. The SMILES string of the molecule is C[C@@H](NC(=O)Nc1nccs1)c1ccc2c(c1)CCC(=O)N2. The van der Waals surface area contributed by atoms with E-state index in [0.717, 1.165) is 23.2 Å². The highest BCUT2D eigenvalue weighted by Gasteiger charge is 2.17. The van der Waals surface area contributed by atoms with E-state index in [2.05, 4.69) is 20.9 Å². The minimum Gasteiger partial charge on any atom is -0.331 e. The zero-order valence-corrected chi connectivity index (χ0v) is 12.9. The van der Waals surface area contributed by atoms with Crippen LogP contribution in [-0.2, 0) is 11.2 Å². The van der Waals surface area contributed by atoms with Crippen molar-refractivity contribution in [2.24, 2.45) is 0 Å². The van der Waals surface area contributed by atoms with Crippen molar-refractivity contribution < 1.29 is 9.59 Å². The Morgan fingerprint density at radius 2 is 2.27 bits per heavy atom. The van der Waals surface area contributed by atoms with Crippen LogP contribution in [0.1, 0.15) is 30.5 Å². The number of thiazole rings is 1. The second-order valence-corrected chi connectivity index (χ2v) is 6.02. The van der Waals surface area contributed by atoms with Gasteiger partial charge in [0.05, 0.1) is 6.04 Å². The molecule has 0 radical (unpaired) electrons. The number of nitrogens with zero attached hydrogens (tertiary/aromatic N) is 1. The maximum Gasteiger partial charge on any atom is 0.321 e. The highest BCUT2D eigenvalue weighted by Crippen LogP contribution is 2.26. The second-order valence-electron chi connectivity index (χ2n) is 5.12. The van der Waals surface area contributed by atoms with Crippen LogP contribution in [0, 0.1) is 0 Å². The summed E-state index contributed by atoms with van der Waals surface area (Å²) in [4.78, 5) is 27.3. The normalized spacial score (nSPS) is 14.7. The lowest BCUT2D eigenvalue weighted by Crippen LogP contribution is -2.31. The number of benzene rings is 1. The average Bonchev–Trinajstić information content (AvgIpc) is 2.99. The molecule has 114 valence electrons. The van der Waals surface area contributed by atoms with Gasteiger partial charge >= 0.3 is 6.03 Å². The van der Waals surface area contributed by atoms with Crippen molar-refractivity contribution in [3.63, 3.8) is 0 Å². The Kier molecular flexibility index (Phi) is 4.06. The summed E-state index contributed by atoms with van der Waals surface area (Å²) in [5, 5.41) is 10.8. The summed E-state index contributed by atoms with van der Waals surface area (Å²) >= 11 is 1.37. The fourth-order valence-corrected chi connectivity index (χ4v) is 2.89. The predicted molar refractivity (Wildman–Crippen MR) is 86.1 cm³/mol. The van der Waals surface area contributed by atoms with Gasteiger partial charge in [-0.05, 0) is 30.5 Å². The number of fused-ring (bicyclic) bond motifs is 1. The van der Waals surface area contributed by atoms with Crippen molar-refractivity contribution >= 4 is 34.1 Å². The van der Waals surface area contributed by atoms with Crippen LogP contribution < -0.4 is 16.0 Å². The summed E-state index contributed by atoms with van der Waals surface area (Å²) in [5.74, 6) is 0.0502. The first kappa shape index (κ1) is 14.5. The number of aromatic nitrogens is 1. The first-order chi connectivity index (χ1) is 10.6. The topological polar surface area (TPSA) is 83.1 Å². The van der Waals surface area contributed by atoms with Crippen LogP contribution in [0.15, 0.2) is 29.8 Å². The van der Waals surface area contributed by atoms with Gasteiger partial charge in [0.15, 0.2) is 5.13 Å². The molecular formula is C15H16N4O2S. The van der Waals surface area contributed by atoms with E-state index in [9.17, 15) is 9.59 Å². The van der Waals surface area contributed by atoms with Gasteiger partial charge in [0.1, 0.15) is 0 Å². The Hall–Kier alpha value is -2.41. The van der Waals surface area contributed by atoms with Crippen molar-refractivity contribution in [2.45, 2.75) is 25.8 Å². The Morgan fingerprint density at radius 3 is 3.05 bits per heavy atom. The van der Waals surface area contributed by atoms with Crippen molar-refractivity contribution in [3.8, 4) is 0 Å². The monoisotopic (exact) mass is 316 g/mol. The zero-order chi connectivity index (χ0) is 15.5. The molecule has 3 amide bonds. The van der Waals surface area contributed by atoms with Gasteiger partial charge < -0.3 is 10.6 Å². The van der Waals surface area contributed by atoms with Crippen molar-refractivity contribution in [3.05, 3.63) is 40.9 Å². The van der Waals surface area contributed by atoms with Gasteiger partial charge in [0.2, 0.25) is 5.91 Å². The van der Waals surface area contributed by atoms with Gasteiger partial charge in [-0.2, -0.15) is 0 Å². The van der Waals surface area contributed by atoms with E-state index in [1.54, 1.807) is 11.6 Å². The molecule has 2 heterocycles. The molecule has 0 fully saturated rings. The molecule has 22 heavy (non-hydrogen) atoms. The van der Waals surface area contributed by atoms with E-state index in [0.29, 0.717) is 11.6 Å². The number of amides is 3. The van der Waals surface area contributed by atoms with E-state index >= 15 is 0 Å². The molecule has 7 heteroatoms. The summed E-state index contributed by atoms with van der Waals surface area (Å²) in [6.07, 6.45) is 2.87. The number of carbonyl (C=O) groups is 2. The molecule has 0 unspecified atom stereocenters. The molecule has 1 aromatic carbocycles. The lowest BCUT2D eigenvalue weighted by atomic mass is 9.98. The van der Waals surface area contributed by atoms with Gasteiger partial charge in [-0.3, -0.25) is 10.1 Å². The van der Waals surface area contributed by atoms with Crippen LogP contribution >= 0.6 is 11.3 Å². The number of rotatable bonds is 3. The van der Waals surface area contributed by atoms with Gasteiger partial charge in [-0.1, -0.05) is 12.1 Å². The minimum atomic E-state index is -0.284. The summed E-state index contributed by atoms with van der Waals surface area (Å²) in [7, 11) is 0. The zero-order valence-electron chi connectivity index (χ0n) is 12.1. The van der Waals surface area contributed by atoms with Crippen molar-refractivity contribution in [1.82, 2.24) is 10.3 Å². The maximum atomic E-state index is 11.9. The van der Waals surface area contributed by atoms with Gasteiger partial charge in [0.25, 0.3) is 0 Å². The smallest absolute Gasteiger partial charge is 0.321 e. The maximum absolute atomic E-state index is 11.9. The molecule has 1 aromatic heterocycles. The van der Waals surface area contributed by atoms with E-state index in [4.69, 9.17) is 0 Å². The first-order valence-electron chi connectivity index (χ1n) is 7.01. The highest BCUT2D eigenvalue weighted by atomic mass is 32.1. The standard InChI is InChI=1S/C15H16N4O2S/c1-9(17-14(21)19-15-16-6-7-22-15)10-2-4-12-11(8-10)3-5-13(20)18-12/h2,4,6-9H,3,5H2,1H3,(H,18,20)(H2,16,17,19,21)/t9-/m1/s1. The van der Waals surface area contributed by atoms with E-state index in [1.165, 1.54) is 11.3 Å². The van der Waals surface area contributed by atoms with Crippen LogP contribution in [0.2, 0.25) is 0 Å². The molecule has 6 nitrogen and oxygen atoms in total. The third-order valence-electron chi connectivity index (χ3n) is 3.53. The molecule has 3 N–H and O–H groups in total. The Labute approximate surface area is 132 Å². The van der Waals surface area contributed by atoms with Crippen molar-refractivity contribution in [1.29, 1.82) is 0 Å². The summed E-state index contributed by atoms with van der Waals surface area (Å²) in [5.41, 5.74) is 2.97. The van der Waals surface area contributed by atoms with Crippen LogP contribution in [0.3, 0.4) is 0 Å². The number of hydrogen-bond acceptors (Lipinski definition) is 4. The fraction of sp³-hybridized carbons (Fsp3) is 0.267. The quantitative estimate of drug-likeness (QED) is 0.814. The fourth-order valence-electron chi connectivity index (χ4n) is 2.37. The van der Waals surface area contributed by atoms with Gasteiger partial charge in [0, 0.05) is 23.7 Å². The van der Waals surface area contributed by atoms with Gasteiger partial charge in [-0.15, -0.1) is 11.3 Å². The Balaban J connectivity index is 1.66. The molecule has 0 bridgehead atoms. The number of anilines is 2. The van der Waals surface area contributed by atoms with Crippen molar-refractivity contribution in [2.75, 3.05) is 10.6 Å².